The van der Waals surface area contributed by atoms with Crippen LogP contribution in [-0.4, -0.2) is 16.9 Å². The van der Waals surface area contributed by atoms with E-state index in [4.69, 9.17) is 22.2 Å². The van der Waals surface area contributed by atoms with Crippen LogP contribution in [0.3, 0.4) is 0 Å². The van der Waals surface area contributed by atoms with Crippen molar-refractivity contribution in [2.24, 2.45) is 5.84 Å². The van der Waals surface area contributed by atoms with Gasteiger partial charge in [0.1, 0.15) is 0 Å². The summed E-state index contributed by atoms with van der Waals surface area (Å²) in [5, 5.41) is 5.02. The number of ether oxygens (including phenoxy) is 1. The second-order valence-corrected chi connectivity index (χ2v) is 4.90. The third kappa shape index (κ3) is 3.12. The first-order valence-electron chi connectivity index (χ1n) is 6.49. The molecular formula is C14H19ClN4O. The molecule has 0 fully saturated rings. The number of methoxy groups -OCH3 is 1. The van der Waals surface area contributed by atoms with E-state index in [-0.39, 0.29) is 6.04 Å². The van der Waals surface area contributed by atoms with E-state index in [1.165, 1.54) is 0 Å². The topological polar surface area (TPSA) is 65.1 Å². The highest BCUT2D eigenvalue weighted by atomic mass is 35.5. The Bertz CT molecular complexity index is 549. The molecule has 0 bridgehead atoms. The van der Waals surface area contributed by atoms with Crippen LogP contribution in [0.4, 0.5) is 0 Å². The lowest BCUT2D eigenvalue weighted by molar-refractivity contribution is 0.391. The Balaban J connectivity index is 2.30. The molecule has 0 amide bonds. The fourth-order valence-electron chi connectivity index (χ4n) is 2.27. The predicted octanol–water partition coefficient (Wildman–Crippen LogP) is 2.31. The molecule has 1 aromatic carbocycles. The molecule has 6 heteroatoms. The maximum atomic E-state index is 6.02. The van der Waals surface area contributed by atoms with Crippen molar-refractivity contribution in [3.8, 4) is 5.75 Å². The van der Waals surface area contributed by atoms with Crippen molar-refractivity contribution >= 4 is 11.6 Å². The number of nitrogens with two attached hydrogens (primary N) is 1. The summed E-state index contributed by atoms with van der Waals surface area (Å²) in [7, 11) is 1.63. The normalized spacial score (nSPS) is 12.4. The summed E-state index contributed by atoms with van der Waals surface area (Å²) < 4.78 is 7.25. The monoisotopic (exact) mass is 294 g/mol. The third-order valence-corrected chi connectivity index (χ3v) is 3.46. The molecular weight excluding hydrogens is 276 g/mol. The Morgan fingerprint density at radius 2 is 2.30 bits per heavy atom. The van der Waals surface area contributed by atoms with E-state index in [2.05, 4.69) is 10.5 Å². The van der Waals surface area contributed by atoms with Crippen LogP contribution in [0.2, 0.25) is 5.02 Å². The molecule has 3 N–H and O–H groups in total. The summed E-state index contributed by atoms with van der Waals surface area (Å²) in [6, 6.07) is 7.65. The molecule has 2 rings (SSSR count). The number of halogens is 1. The highest BCUT2D eigenvalue weighted by molar-refractivity contribution is 6.30. The number of hydrogen-bond acceptors (Lipinski definition) is 4. The minimum atomic E-state index is -0.0918. The molecule has 1 unspecified atom stereocenters. The number of hydrogen-bond donors (Lipinski definition) is 2. The summed E-state index contributed by atoms with van der Waals surface area (Å²) in [6.45, 7) is 2.79. The lowest BCUT2D eigenvalue weighted by Crippen LogP contribution is -2.31. The Hall–Kier alpha value is -1.56. The van der Waals surface area contributed by atoms with Gasteiger partial charge in [0.25, 0.3) is 0 Å². The molecule has 1 atom stereocenters. The molecule has 0 spiro atoms. The average molecular weight is 295 g/mol. The second-order valence-electron chi connectivity index (χ2n) is 4.47. The number of aromatic nitrogens is 2. The molecule has 5 nitrogen and oxygen atoms in total. The van der Waals surface area contributed by atoms with Gasteiger partial charge in [-0.1, -0.05) is 23.7 Å². The van der Waals surface area contributed by atoms with Crippen LogP contribution >= 0.6 is 11.6 Å². The van der Waals surface area contributed by atoms with Gasteiger partial charge in [-0.3, -0.25) is 16.0 Å². The molecule has 108 valence electrons. The van der Waals surface area contributed by atoms with Crippen molar-refractivity contribution in [1.82, 2.24) is 15.2 Å². The van der Waals surface area contributed by atoms with Crippen LogP contribution < -0.4 is 16.0 Å². The SMILES string of the molecule is CCn1ncc(OC)c1C(Cc1cccc(Cl)c1)NN. The van der Waals surface area contributed by atoms with E-state index in [0.717, 1.165) is 23.6 Å². The first-order chi connectivity index (χ1) is 9.69. The van der Waals surface area contributed by atoms with E-state index >= 15 is 0 Å². The summed E-state index contributed by atoms with van der Waals surface area (Å²) in [5.41, 5.74) is 4.88. The van der Waals surface area contributed by atoms with Crippen LogP contribution in [0.25, 0.3) is 0 Å². The minimum Gasteiger partial charge on any atom is -0.493 e. The Kier molecular flexibility index (Phi) is 5.00. The van der Waals surface area contributed by atoms with Crippen LogP contribution in [0.1, 0.15) is 24.2 Å². The molecule has 20 heavy (non-hydrogen) atoms. The molecule has 0 saturated heterocycles. The van der Waals surface area contributed by atoms with E-state index < -0.39 is 0 Å². The predicted molar refractivity (Wildman–Crippen MR) is 79.7 cm³/mol. The van der Waals surface area contributed by atoms with Crippen LogP contribution in [0, 0.1) is 0 Å². The summed E-state index contributed by atoms with van der Waals surface area (Å²) in [4.78, 5) is 0. The smallest absolute Gasteiger partial charge is 0.161 e. The number of aryl methyl sites for hydroxylation is 1. The minimum absolute atomic E-state index is 0.0918. The van der Waals surface area contributed by atoms with Gasteiger partial charge in [-0.2, -0.15) is 5.10 Å². The highest BCUT2D eigenvalue weighted by Crippen LogP contribution is 2.27. The first kappa shape index (κ1) is 14.8. The van der Waals surface area contributed by atoms with Crippen LogP contribution in [0.5, 0.6) is 5.75 Å². The van der Waals surface area contributed by atoms with Gasteiger partial charge >= 0.3 is 0 Å². The average Bonchev–Trinajstić information content (AvgIpc) is 2.87. The van der Waals surface area contributed by atoms with Crippen molar-refractivity contribution in [2.45, 2.75) is 25.9 Å². The fourth-order valence-corrected chi connectivity index (χ4v) is 2.49. The second kappa shape index (κ2) is 6.74. The molecule has 0 aliphatic rings. The van der Waals surface area contributed by atoms with E-state index in [9.17, 15) is 0 Å². The molecule has 2 aromatic rings. The lowest BCUT2D eigenvalue weighted by atomic mass is 10.0. The Morgan fingerprint density at radius 3 is 2.90 bits per heavy atom. The maximum Gasteiger partial charge on any atom is 0.161 e. The largest absolute Gasteiger partial charge is 0.493 e. The number of benzene rings is 1. The molecule has 0 radical (unpaired) electrons. The van der Waals surface area contributed by atoms with Gasteiger partial charge in [-0.25, -0.2) is 0 Å². The van der Waals surface area contributed by atoms with Gasteiger partial charge in [-0.15, -0.1) is 0 Å². The zero-order valence-corrected chi connectivity index (χ0v) is 12.4. The zero-order chi connectivity index (χ0) is 14.5. The molecule has 1 heterocycles. The summed E-state index contributed by atoms with van der Waals surface area (Å²) >= 11 is 6.02. The molecule has 0 aliphatic heterocycles. The highest BCUT2D eigenvalue weighted by Gasteiger charge is 2.21. The van der Waals surface area contributed by atoms with Crippen LogP contribution in [-0.2, 0) is 13.0 Å². The number of hydrazine groups is 1. The standard InChI is InChI=1S/C14H19ClN4O/c1-3-19-14(13(20-2)9-17-19)12(18-16)8-10-5-4-6-11(15)7-10/h4-7,9,12,18H,3,8,16H2,1-2H3. The molecule has 1 aromatic heterocycles. The van der Waals surface area contributed by atoms with Crippen LogP contribution in [0.15, 0.2) is 30.5 Å². The number of nitrogens with one attached hydrogen (secondary N) is 1. The third-order valence-electron chi connectivity index (χ3n) is 3.22. The van der Waals surface area contributed by atoms with Crippen molar-refractivity contribution in [1.29, 1.82) is 0 Å². The van der Waals surface area contributed by atoms with E-state index in [1.54, 1.807) is 13.3 Å². The summed E-state index contributed by atoms with van der Waals surface area (Å²) in [6.07, 6.45) is 2.42. The van der Waals surface area contributed by atoms with E-state index in [0.29, 0.717) is 11.4 Å². The Morgan fingerprint density at radius 1 is 1.50 bits per heavy atom. The van der Waals surface area contributed by atoms with Gasteiger partial charge < -0.3 is 4.74 Å². The number of nitrogens with zero attached hydrogens (tertiary/aromatic N) is 2. The van der Waals surface area contributed by atoms with Gasteiger partial charge in [0.05, 0.1) is 25.0 Å². The van der Waals surface area contributed by atoms with Crippen molar-refractivity contribution in [2.75, 3.05) is 7.11 Å². The van der Waals surface area contributed by atoms with E-state index in [1.807, 2.05) is 35.9 Å². The van der Waals surface area contributed by atoms with Gasteiger partial charge in [0.15, 0.2) is 5.75 Å². The molecule has 0 aliphatic carbocycles. The first-order valence-corrected chi connectivity index (χ1v) is 6.87. The zero-order valence-electron chi connectivity index (χ0n) is 11.6. The van der Waals surface area contributed by atoms with Gasteiger partial charge in [0.2, 0.25) is 0 Å². The Labute approximate surface area is 123 Å². The molecule has 0 saturated carbocycles. The fraction of sp³-hybridized carbons (Fsp3) is 0.357. The quantitative estimate of drug-likeness (QED) is 0.634. The summed E-state index contributed by atoms with van der Waals surface area (Å²) in [5.74, 6) is 6.45. The van der Waals surface area contributed by atoms with Crippen molar-refractivity contribution in [3.63, 3.8) is 0 Å². The van der Waals surface area contributed by atoms with Gasteiger partial charge in [0, 0.05) is 11.6 Å². The van der Waals surface area contributed by atoms with Crippen molar-refractivity contribution < 1.29 is 4.74 Å². The maximum absolute atomic E-state index is 6.02. The lowest BCUT2D eigenvalue weighted by Gasteiger charge is -2.18. The van der Waals surface area contributed by atoms with Crippen molar-refractivity contribution in [3.05, 3.63) is 46.7 Å². The van der Waals surface area contributed by atoms with Gasteiger partial charge in [-0.05, 0) is 31.0 Å². The number of rotatable bonds is 6.